The van der Waals surface area contributed by atoms with Crippen LogP contribution in [0.25, 0.3) is 21.9 Å². The van der Waals surface area contributed by atoms with Gasteiger partial charge in [-0.15, -0.1) is 0 Å². The lowest BCUT2D eigenvalue weighted by atomic mass is 9.95. The van der Waals surface area contributed by atoms with Crippen LogP contribution in [0.15, 0.2) is 77.7 Å². The van der Waals surface area contributed by atoms with Crippen LogP contribution in [0.5, 0.6) is 11.5 Å². The molecule has 0 fully saturated rings. The highest BCUT2D eigenvalue weighted by Crippen LogP contribution is 2.37. The van der Waals surface area contributed by atoms with Gasteiger partial charge in [0, 0.05) is 17.0 Å². The summed E-state index contributed by atoms with van der Waals surface area (Å²) < 4.78 is 54.0. The summed E-state index contributed by atoms with van der Waals surface area (Å²) in [5.41, 5.74) is 0.743. The summed E-state index contributed by atoms with van der Waals surface area (Å²) in [4.78, 5) is 11.3. The van der Waals surface area contributed by atoms with Crippen LogP contribution in [0.4, 0.5) is 10.1 Å². The summed E-state index contributed by atoms with van der Waals surface area (Å²) in [5, 5.41) is 10.4. The fourth-order valence-electron chi connectivity index (χ4n) is 3.68. The highest BCUT2D eigenvalue weighted by molar-refractivity contribution is 7.92. The molecule has 0 aliphatic heterocycles. The number of anilines is 1. The Labute approximate surface area is 195 Å². The van der Waals surface area contributed by atoms with Crippen molar-refractivity contribution < 1.29 is 32.2 Å². The molecule has 34 heavy (non-hydrogen) atoms. The van der Waals surface area contributed by atoms with Gasteiger partial charge in [-0.1, -0.05) is 30.3 Å². The van der Waals surface area contributed by atoms with Gasteiger partial charge in [-0.3, -0.25) is 4.72 Å². The number of methoxy groups -OCH3 is 2. The molecule has 0 atom stereocenters. The fourth-order valence-corrected chi connectivity index (χ4v) is 4.92. The molecule has 0 spiro atoms. The third-order valence-electron chi connectivity index (χ3n) is 5.33. The number of fused-ring (bicyclic) bond motifs is 1. The lowest BCUT2D eigenvalue weighted by Crippen LogP contribution is -2.14. The molecule has 0 saturated carbocycles. The van der Waals surface area contributed by atoms with Crippen LogP contribution in [0.1, 0.15) is 10.4 Å². The first-order chi connectivity index (χ1) is 16.2. The summed E-state index contributed by atoms with van der Waals surface area (Å²) >= 11 is 0. The van der Waals surface area contributed by atoms with E-state index < -0.39 is 21.8 Å². The van der Waals surface area contributed by atoms with Gasteiger partial charge in [0.15, 0.2) is 0 Å². The summed E-state index contributed by atoms with van der Waals surface area (Å²) in [6, 6.07) is 17.8. The molecule has 174 valence electrons. The monoisotopic (exact) mass is 481 g/mol. The van der Waals surface area contributed by atoms with Gasteiger partial charge in [-0.05, 0) is 47.3 Å². The van der Waals surface area contributed by atoms with E-state index in [4.69, 9.17) is 9.47 Å². The van der Waals surface area contributed by atoms with E-state index in [-0.39, 0.29) is 27.5 Å². The van der Waals surface area contributed by atoms with Crippen molar-refractivity contribution in [2.75, 3.05) is 18.9 Å². The third kappa shape index (κ3) is 4.25. The Morgan fingerprint density at radius 2 is 1.62 bits per heavy atom. The lowest BCUT2D eigenvalue weighted by molar-refractivity contribution is 0.0697. The molecule has 9 heteroatoms. The number of nitrogens with one attached hydrogen (secondary N) is 1. The van der Waals surface area contributed by atoms with Crippen LogP contribution in [-0.4, -0.2) is 33.7 Å². The number of ether oxygens (including phenoxy) is 2. The predicted molar refractivity (Wildman–Crippen MR) is 127 cm³/mol. The number of benzene rings is 4. The smallest absolute Gasteiger partial charge is 0.335 e. The van der Waals surface area contributed by atoms with Gasteiger partial charge in [0.2, 0.25) is 0 Å². The minimum absolute atomic E-state index is 0.0585. The Bertz CT molecular complexity index is 1520. The Kier molecular flexibility index (Phi) is 6.12. The molecule has 0 unspecified atom stereocenters. The number of sulfonamides is 1. The summed E-state index contributed by atoms with van der Waals surface area (Å²) in [5.74, 6) is -1.22. The number of hydrogen-bond donors (Lipinski definition) is 2. The molecule has 0 aromatic heterocycles. The summed E-state index contributed by atoms with van der Waals surface area (Å²) in [6.45, 7) is 0. The molecule has 2 N–H and O–H groups in total. The summed E-state index contributed by atoms with van der Waals surface area (Å²) in [7, 11) is -1.24. The minimum atomic E-state index is -4.06. The minimum Gasteiger partial charge on any atom is -0.497 e. The van der Waals surface area contributed by atoms with Gasteiger partial charge in [-0.2, -0.15) is 0 Å². The van der Waals surface area contributed by atoms with Crippen molar-refractivity contribution in [2.24, 2.45) is 0 Å². The number of aromatic carboxylic acids is 1. The first kappa shape index (κ1) is 23.1. The molecule has 4 aromatic rings. The molecule has 4 rings (SSSR count). The van der Waals surface area contributed by atoms with E-state index in [9.17, 15) is 22.7 Å². The Hall–Kier alpha value is -4.11. The predicted octanol–water partition coefficient (Wildman–Crippen LogP) is 5.16. The zero-order valence-electron chi connectivity index (χ0n) is 18.2. The highest BCUT2D eigenvalue weighted by Gasteiger charge is 2.22. The maximum absolute atomic E-state index is 14.7. The van der Waals surface area contributed by atoms with Crippen molar-refractivity contribution in [1.82, 2.24) is 0 Å². The zero-order valence-corrected chi connectivity index (χ0v) is 19.0. The van der Waals surface area contributed by atoms with Crippen LogP contribution in [0.2, 0.25) is 0 Å². The van der Waals surface area contributed by atoms with Crippen LogP contribution in [-0.2, 0) is 10.0 Å². The Balaban J connectivity index is 1.83. The maximum atomic E-state index is 14.7. The van der Waals surface area contributed by atoms with Crippen molar-refractivity contribution in [2.45, 2.75) is 4.90 Å². The maximum Gasteiger partial charge on any atom is 0.335 e. The quantitative estimate of drug-likeness (QED) is 0.378. The molecular weight excluding hydrogens is 461 g/mol. The van der Waals surface area contributed by atoms with Crippen molar-refractivity contribution in [3.05, 3.63) is 84.2 Å². The number of halogens is 1. The average Bonchev–Trinajstić information content (AvgIpc) is 2.84. The van der Waals surface area contributed by atoms with Gasteiger partial charge >= 0.3 is 5.97 Å². The third-order valence-corrected chi connectivity index (χ3v) is 6.74. The van der Waals surface area contributed by atoms with Crippen LogP contribution >= 0.6 is 0 Å². The number of carboxylic acids is 1. The van der Waals surface area contributed by atoms with Crippen molar-refractivity contribution in [1.29, 1.82) is 0 Å². The van der Waals surface area contributed by atoms with Crippen molar-refractivity contribution in [3.8, 4) is 22.6 Å². The molecule has 4 aromatic carbocycles. The van der Waals surface area contributed by atoms with Crippen LogP contribution in [0, 0.1) is 5.82 Å². The second kappa shape index (κ2) is 9.03. The highest BCUT2D eigenvalue weighted by atomic mass is 32.2. The van der Waals surface area contributed by atoms with Gasteiger partial charge in [-0.25, -0.2) is 17.6 Å². The van der Waals surface area contributed by atoms with Crippen LogP contribution in [0.3, 0.4) is 0 Å². The number of carbonyl (C=O) groups is 1. The molecule has 0 aliphatic carbocycles. The molecule has 0 amide bonds. The van der Waals surface area contributed by atoms with E-state index in [0.29, 0.717) is 22.1 Å². The van der Waals surface area contributed by atoms with Crippen LogP contribution < -0.4 is 14.2 Å². The second-order valence-corrected chi connectivity index (χ2v) is 8.98. The molecular formula is C25H20FNO6S. The van der Waals surface area contributed by atoms with E-state index in [2.05, 4.69) is 4.72 Å². The van der Waals surface area contributed by atoms with E-state index in [1.54, 1.807) is 30.3 Å². The number of rotatable bonds is 7. The molecule has 7 nitrogen and oxygen atoms in total. The largest absolute Gasteiger partial charge is 0.497 e. The summed E-state index contributed by atoms with van der Waals surface area (Å²) in [6.07, 6.45) is 0. The van der Waals surface area contributed by atoms with Crippen molar-refractivity contribution in [3.63, 3.8) is 0 Å². The molecule has 0 saturated heterocycles. The first-order valence-corrected chi connectivity index (χ1v) is 11.5. The normalized spacial score (nSPS) is 11.3. The first-order valence-electron chi connectivity index (χ1n) is 10.0. The van der Waals surface area contributed by atoms with Gasteiger partial charge in [0.05, 0.1) is 25.5 Å². The lowest BCUT2D eigenvalue weighted by Gasteiger charge is -2.16. The van der Waals surface area contributed by atoms with Crippen molar-refractivity contribution >= 4 is 32.5 Å². The standard InChI is InChI=1S/C25H20FNO6S/c1-32-16-8-12-24(23(14-16)33-2)34(30,31)27-22-11-9-18(17-5-3-4-6-19(17)22)20-13-15(25(28)29)7-10-21(20)26/h3-14,27H,1-2H3,(H,28,29). The number of hydrogen-bond acceptors (Lipinski definition) is 5. The average molecular weight is 482 g/mol. The van der Waals surface area contributed by atoms with Gasteiger partial charge in [0.25, 0.3) is 10.0 Å². The SMILES string of the molecule is COc1ccc(S(=O)(=O)Nc2ccc(-c3cc(C(=O)O)ccc3F)c3ccccc23)c(OC)c1. The van der Waals surface area contributed by atoms with E-state index in [1.807, 2.05) is 0 Å². The van der Waals surface area contributed by atoms with E-state index in [0.717, 1.165) is 6.07 Å². The Morgan fingerprint density at radius 3 is 2.29 bits per heavy atom. The van der Waals surface area contributed by atoms with E-state index in [1.165, 1.54) is 50.6 Å². The number of carboxylic acid groups (broad SMARTS) is 1. The second-order valence-electron chi connectivity index (χ2n) is 7.33. The van der Waals surface area contributed by atoms with E-state index >= 15 is 0 Å². The fraction of sp³-hybridized carbons (Fsp3) is 0.0800. The molecule has 0 radical (unpaired) electrons. The van der Waals surface area contributed by atoms with Gasteiger partial charge in [0.1, 0.15) is 22.2 Å². The topological polar surface area (TPSA) is 102 Å². The zero-order chi connectivity index (χ0) is 24.5. The molecule has 0 heterocycles. The van der Waals surface area contributed by atoms with Gasteiger partial charge < -0.3 is 14.6 Å². The molecule has 0 aliphatic rings. The molecule has 0 bridgehead atoms. The Morgan fingerprint density at radius 1 is 0.882 bits per heavy atom.